The van der Waals surface area contributed by atoms with Gasteiger partial charge in [-0.15, -0.1) is 11.6 Å². The first kappa shape index (κ1) is 72.9. The lowest BCUT2D eigenvalue weighted by Gasteiger charge is -2.25. The molecule has 5 fully saturated rings. The number of imide groups is 2. The van der Waals surface area contributed by atoms with Crippen LogP contribution in [0.3, 0.4) is 0 Å². The molecule has 7 amide bonds. The van der Waals surface area contributed by atoms with Crippen molar-refractivity contribution in [1.29, 1.82) is 0 Å². The van der Waals surface area contributed by atoms with Gasteiger partial charge in [0.15, 0.2) is 11.5 Å². The number of nitrogens with zero attached hydrogens (tertiary/aromatic N) is 3. The lowest BCUT2D eigenvalue weighted by atomic mass is 9.88. The summed E-state index contributed by atoms with van der Waals surface area (Å²) in [4.78, 5) is 133. The number of hydrogen-bond acceptors (Lipinski definition) is 16. The predicted molar refractivity (Wildman–Crippen MR) is 370 cm³/mol. The van der Waals surface area contributed by atoms with Gasteiger partial charge in [-0.05, 0) is 146 Å². The van der Waals surface area contributed by atoms with Crippen molar-refractivity contribution in [3.63, 3.8) is 0 Å². The van der Waals surface area contributed by atoms with E-state index in [1.54, 1.807) is 54.5 Å². The van der Waals surface area contributed by atoms with Gasteiger partial charge in [0.05, 0.1) is 39.7 Å². The molecule has 9 rings (SSSR count). The molecular formula is C77H94N6O15. The van der Waals surface area contributed by atoms with Crippen molar-refractivity contribution in [2.75, 3.05) is 41.0 Å². The summed E-state index contributed by atoms with van der Waals surface area (Å²) < 4.78 is 28.9. The number of methoxy groups -OCH3 is 3. The highest BCUT2D eigenvalue weighted by Crippen LogP contribution is 2.58. The first-order valence-corrected chi connectivity index (χ1v) is 34.0. The van der Waals surface area contributed by atoms with Crippen LogP contribution in [-0.2, 0) is 43.1 Å². The highest BCUT2D eigenvalue weighted by molar-refractivity contribution is 6.07. The number of benzene rings is 3. The van der Waals surface area contributed by atoms with Gasteiger partial charge in [-0.2, -0.15) is 0 Å². The van der Waals surface area contributed by atoms with Gasteiger partial charge >= 0.3 is 18.2 Å². The molecule has 522 valence electrons. The highest BCUT2D eigenvalue weighted by Gasteiger charge is 2.58. The van der Waals surface area contributed by atoms with Crippen molar-refractivity contribution in [3.8, 4) is 17.2 Å². The SMILES string of the molecule is C=CC1CC(/C=C/C2CC(/C=C/c3ccccc3)C3C(=O)N(C[C@H]4CC(/C=C\C5CC(C=Cc6ccccc6)c6c(OC)c(OC)c(C(=O)ON7C(=O)CCC7=O)c(OC)c65)CC4C=CCCC(C)=O)C(=O)C23)CC1C(=O)NCCN=C(NC(=O)OC(C)(C)C)NC(=O)OC(C)(C)C. The zero-order valence-corrected chi connectivity index (χ0v) is 57.9. The quantitative estimate of drug-likeness (QED) is 0.0247. The summed E-state index contributed by atoms with van der Waals surface area (Å²) in [6, 6.07) is 19.7. The number of Topliss-reactive ketones (excluding diaryl/α,β-unsaturated/α-hetero) is 1. The van der Waals surface area contributed by atoms with Gasteiger partial charge in [-0.25, -0.2) is 14.4 Å². The third kappa shape index (κ3) is 18.0. The van der Waals surface area contributed by atoms with Gasteiger partial charge in [0.2, 0.25) is 23.7 Å². The average molecular weight is 1340 g/mol. The summed E-state index contributed by atoms with van der Waals surface area (Å²) in [6.07, 6.45) is 25.4. The number of likely N-dealkylation sites (tertiary alicyclic amines) is 1. The second-order valence-electron chi connectivity index (χ2n) is 28.3. The molecule has 21 nitrogen and oxygen atoms in total. The number of hydroxylamine groups is 2. The molecule has 0 radical (unpaired) electrons. The van der Waals surface area contributed by atoms with Gasteiger partial charge in [0.1, 0.15) is 28.3 Å². The van der Waals surface area contributed by atoms with E-state index in [-0.39, 0.29) is 138 Å². The zero-order valence-electron chi connectivity index (χ0n) is 57.9. The lowest BCUT2D eigenvalue weighted by Crippen LogP contribution is -2.47. The van der Waals surface area contributed by atoms with E-state index in [0.717, 1.165) is 16.7 Å². The van der Waals surface area contributed by atoms with Gasteiger partial charge < -0.3 is 38.6 Å². The molecule has 12 atom stereocenters. The molecule has 3 aromatic rings. The normalized spacial score (nSPS) is 25.4. The van der Waals surface area contributed by atoms with E-state index in [1.807, 2.05) is 78.9 Å². The number of rotatable bonds is 24. The molecule has 98 heavy (non-hydrogen) atoms. The minimum absolute atomic E-state index is 0.000666. The van der Waals surface area contributed by atoms with E-state index in [4.69, 9.17) is 28.5 Å². The van der Waals surface area contributed by atoms with Crippen molar-refractivity contribution in [1.82, 2.24) is 25.9 Å². The highest BCUT2D eigenvalue weighted by atomic mass is 16.7. The summed E-state index contributed by atoms with van der Waals surface area (Å²) in [5.41, 5.74) is 1.55. The molecule has 0 aromatic heterocycles. The number of alkyl carbamates (subject to hydrolysis) is 2. The summed E-state index contributed by atoms with van der Waals surface area (Å²) >= 11 is 0. The number of amides is 7. The fourth-order valence-electron chi connectivity index (χ4n) is 14.8. The molecule has 2 heterocycles. The molecule has 6 aliphatic rings. The van der Waals surface area contributed by atoms with Gasteiger partial charge in [0, 0.05) is 61.2 Å². The molecule has 0 bridgehead atoms. The molecule has 2 aliphatic heterocycles. The first-order chi connectivity index (χ1) is 46.8. The first-order valence-electron chi connectivity index (χ1n) is 34.0. The lowest BCUT2D eigenvalue weighted by molar-refractivity contribution is -0.172. The number of carbonyl (C=O) groups excluding carboxylic acids is 9. The van der Waals surface area contributed by atoms with Crippen molar-refractivity contribution in [3.05, 3.63) is 150 Å². The van der Waals surface area contributed by atoms with Gasteiger partial charge in [-0.3, -0.25) is 44.5 Å². The number of ether oxygens (including phenoxy) is 5. The van der Waals surface area contributed by atoms with Crippen LogP contribution in [0.1, 0.15) is 157 Å². The second kappa shape index (κ2) is 32.3. The van der Waals surface area contributed by atoms with E-state index in [1.165, 1.54) is 26.2 Å². The van der Waals surface area contributed by atoms with E-state index >= 15 is 9.59 Å². The van der Waals surface area contributed by atoms with Crippen LogP contribution >= 0.6 is 0 Å². The molecular weight excluding hydrogens is 1250 g/mol. The summed E-state index contributed by atoms with van der Waals surface area (Å²) in [7, 11) is 4.32. The van der Waals surface area contributed by atoms with E-state index < -0.39 is 58.9 Å². The topological polar surface area (TPSA) is 264 Å². The van der Waals surface area contributed by atoms with Gasteiger partial charge in [0.25, 0.3) is 11.8 Å². The Labute approximate surface area is 574 Å². The van der Waals surface area contributed by atoms with Crippen LogP contribution in [0.25, 0.3) is 12.2 Å². The minimum Gasteiger partial charge on any atom is -0.495 e. The maximum absolute atomic E-state index is 15.3. The number of ketones is 1. The molecule has 2 saturated heterocycles. The van der Waals surface area contributed by atoms with Gasteiger partial charge in [-0.1, -0.05) is 127 Å². The van der Waals surface area contributed by atoms with Crippen LogP contribution in [-0.4, -0.2) is 122 Å². The molecule has 3 saturated carbocycles. The molecule has 11 unspecified atom stereocenters. The smallest absolute Gasteiger partial charge is 0.414 e. The Balaban J connectivity index is 0.946. The van der Waals surface area contributed by atoms with Crippen LogP contribution in [0.4, 0.5) is 9.59 Å². The summed E-state index contributed by atoms with van der Waals surface area (Å²) in [6.45, 7) is 16.1. The third-order valence-electron chi connectivity index (χ3n) is 19.0. The third-order valence-corrected chi connectivity index (χ3v) is 19.0. The summed E-state index contributed by atoms with van der Waals surface area (Å²) in [5, 5.41) is 8.37. The molecule has 3 aromatic carbocycles. The van der Waals surface area contributed by atoms with E-state index in [9.17, 15) is 33.6 Å². The maximum atomic E-state index is 15.3. The minimum atomic E-state index is -1.03. The summed E-state index contributed by atoms with van der Waals surface area (Å²) in [5.74, 6) is -5.80. The molecule has 4 aliphatic carbocycles. The molecule has 0 spiro atoms. The van der Waals surface area contributed by atoms with E-state index in [0.29, 0.717) is 62.0 Å². The fraction of sp³-hybridized carbons (Fsp3) is 0.481. The standard InChI is InChI=1S/C77H94N6O15/c1-12-51-39-50(42-58(51)69(87)78-37-38-79-73(80-74(91)96-76(3,4)5)81-75(92)97-77(6,7)8)30-34-56-44-55(32-28-48-24-17-14-18-25-48)63-64(56)71(89)82(70(63)88)45-57-41-49(40-52(57)26-20-19-21-46(2)84)29-33-53-43-54(31-27-47-22-15-13-16-23-47)62-61(53)66(93-9)65(68(95-11)67(62)94-10)72(90)98-83-59(85)35-36-60(83)86/h12-18,20,22-34,49-58,63-64H,1,19,21,35-45H2,2-11H3,(H,78,87)(H2,79,80,81,91,92)/b26-20?,31-27?,32-28+,33-29-,34-30+/t49?,50?,51?,52?,53?,54?,55?,56?,57-,58?,63?,64?/m1/s1. The number of guanidine groups is 1. The predicted octanol–water partition coefficient (Wildman–Crippen LogP) is 12.2. The Morgan fingerprint density at radius 2 is 1.15 bits per heavy atom. The van der Waals surface area contributed by atoms with Crippen molar-refractivity contribution < 1.29 is 71.7 Å². The van der Waals surface area contributed by atoms with Crippen molar-refractivity contribution >= 4 is 71.6 Å². The number of aliphatic imine (C=N–C) groups is 1. The fourth-order valence-corrected chi connectivity index (χ4v) is 14.8. The Hall–Kier alpha value is -9.40. The largest absolute Gasteiger partial charge is 0.495 e. The van der Waals surface area contributed by atoms with Crippen LogP contribution in [0.2, 0.25) is 0 Å². The molecule has 3 N–H and O–H groups in total. The number of carbonyl (C=O) groups is 9. The monoisotopic (exact) mass is 1340 g/mol. The second-order valence-corrected chi connectivity index (χ2v) is 28.3. The zero-order chi connectivity index (χ0) is 70.6. The molecule has 21 heteroatoms. The van der Waals surface area contributed by atoms with Crippen LogP contribution in [0, 0.1) is 59.2 Å². The van der Waals surface area contributed by atoms with Crippen LogP contribution in [0.5, 0.6) is 17.2 Å². The van der Waals surface area contributed by atoms with E-state index in [2.05, 4.69) is 70.1 Å². The Morgan fingerprint density at radius 1 is 0.612 bits per heavy atom. The average Bonchev–Trinajstić information content (AvgIpc) is 1.53. The number of allylic oxidation sites excluding steroid dienone is 9. The van der Waals surface area contributed by atoms with Crippen LogP contribution < -0.4 is 30.2 Å². The van der Waals surface area contributed by atoms with Crippen molar-refractivity contribution in [2.24, 2.45) is 64.2 Å². The number of nitrogens with one attached hydrogen (secondary N) is 3. The Morgan fingerprint density at radius 3 is 1.72 bits per heavy atom. The Kier molecular flexibility index (Phi) is 24.0. The Bertz CT molecular complexity index is 3620. The maximum Gasteiger partial charge on any atom is 0.414 e. The van der Waals surface area contributed by atoms with Crippen molar-refractivity contribution in [2.45, 2.75) is 136 Å². The number of hydrogen-bond donors (Lipinski definition) is 3. The number of fused-ring (bicyclic) bond motifs is 2. The van der Waals surface area contributed by atoms with Crippen LogP contribution in [0.15, 0.2) is 127 Å².